The molecule has 8 nitrogen and oxygen atoms in total. The summed E-state index contributed by atoms with van der Waals surface area (Å²) >= 11 is 0. The molecule has 0 heterocycles. The number of rotatable bonds is 5. The molecule has 120 valence electrons. The quantitative estimate of drug-likeness (QED) is 0.402. The number of nitro groups is 1. The van der Waals surface area contributed by atoms with Gasteiger partial charge in [0.2, 0.25) is 5.54 Å². The molecule has 3 atom stereocenters. The molecule has 1 aliphatic rings. The Balaban J connectivity index is 3.05. The van der Waals surface area contributed by atoms with Gasteiger partial charge < -0.3 is 10.8 Å². The van der Waals surface area contributed by atoms with E-state index in [1.165, 1.54) is 0 Å². The summed E-state index contributed by atoms with van der Waals surface area (Å²) in [4.78, 5) is 22.0. The molecule has 0 spiro atoms. The Morgan fingerprint density at radius 1 is 1.57 bits per heavy atom. The van der Waals surface area contributed by atoms with Crippen LogP contribution in [0.25, 0.3) is 0 Å². The maximum Gasteiger partial charge on any atom is 0.332 e. The zero-order valence-corrected chi connectivity index (χ0v) is 12.8. The van der Waals surface area contributed by atoms with Crippen molar-refractivity contribution in [3.05, 3.63) is 10.1 Å². The van der Waals surface area contributed by atoms with Crippen molar-refractivity contribution in [1.29, 1.82) is 0 Å². The Hall–Kier alpha value is -1.70. The number of primary amides is 1. The van der Waals surface area contributed by atoms with Gasteiger partial charge in [0.25, 0.3) is 0 Å². The molecule has 0 radical (unpaired) electrons. The second kappa shape index (κ2) is 6.38. The average Bonchev–Trinajstić information content (AvgIpc) is 2.38. The van der Waals surface area contributed by atoms with E-state index in [2.05, 4.69) is 10.5 Å². The lowest BCUT2D eigenvalue weighted by atomic mass is 9.65. The first kappa shape index (κ1) is 17.4. The molecule has 1 fully saturated rings. The molecule has 1 aliphatic carbocycles. The lowest BCUT2D eigenvalue weighted by Crippen LogP contribution is -2.54. The summed E-state index contributed by atoms with van der Waals surface area (Å²) in [5.41, 5.74) is 5.40. The van der Waals surface area contributed by atoms with Crippen molar-refractivity contribution < 1.29 is 14.8 Å². The molecule has 1 rings (SSSR count). The minimum Gasteiger partial charge on any atom is -0.389 e. The summed E-state index contributed by atoms with van der Waals surface area (Å²) in [7, 11) is 0. The first-order valence-corrected chi connectivity index (χ1v) is 7.11. The fourth-order valence-corrected chi connectivity index (χ4v) is 3.13. The second-order valence-electron chi connectivity index (χ2n) is 6.07. The minimum absolute atomic E-state index is 0.205. The Morgan fingerprint density at radius 3 is 2.67 bits per heavy atom. The van der Waals surface area contributed by atoms with Gasteiger partial charge in [0, 0.05) is 35.8 Å². The summed E-state index contributed by atoms with van der Waals surface area (Å²) in [6.45, 7) is 5.19. The summed E-state index contributed by atoms with van der Waals surface area (Å²) in [6.07, 6.45) is 2.03. The van der Waals surface area contributed by atoms with Crippen LogP contribution < -0.4 is 11.2 Å². The highest BCUT2D eigenvalue weighted by Gasteiger charge is 2.53. The van der Waals surface area contributed by atoms with Crippen molar-refractivity contribution in [3.8, 4) is 0 Å². The van der Waals surface area contributed by atoms with Crippen molar-refractivity contribution in [3.63, 3.8) is 0 Å². The molecule has 21 heavy (non-hydrogen) atoms. The van der Waals surface area contributed by atoms with Gasteiger partial charge in [0.1, 0.15) is 0 Å². The number of aliphatic hydroxyl groups is 1. The van der Waals surface area contributed by atoms with Crippen LogP contribution >= 0.6 is 0 Å². The van der Waals surface area contributed by atoms with E-state index < -0.39 is 23.1 Å². The summed E-state index contributed by atoms with van der Waals surface area (Å²) in [5.74, 6) is -0.491. The third-order valence-corrected chi connectivity index (χ3v) is 4.38. The molecule has 1 saturated carbocycles. The van der Waals surface area contributed by atoms with Crippen molar-refractivity contribution in [1.82, 2.24) is 5.43 Å². The van der Waals surface area contributed by atoms with E-state index >= 15 is 0 Å². The molecule has 0 saturated heterocycles. The number of nitrogens with two attached hydrogens (primary N) is 1. The van der Waals surface area contributed by atoms with E-state index in [9.17, 15) is 20.0 Å². The van der Waals surface area contributed by atoms with Gasteiger partial charge in [0.05, 0.1) is 5.60 Å². The summed E-state index contributed by atoms with van der Waals surface area (Å²) in [5, 5.41) is 25.8. The van der Waals surface area contributed by atoms with Gasteiger partial charge in [-0.05, 0) is 26.7 Å². The van der Waals surface area contributed by atoms with Gasteiger partial charge in [0.15, 0.2) is 0 Å². The zero-order chi connectivity index (χ0) is 16.3. The fraction of sp³-hybridized carbons (Fsp3) is 0.846. The maximum absolute atomic E-state index is 11.5. The number of carbonyl (C=O) groups excluding carboxylic acids is 1. The van der Waals surface area contributed by atoms with Crippen LogP contribution in [0.3, 0.4) is 0 Å². The molecule has 2 amide bonds. The molecule has 0 aromatic rings. The number of urea groups is 1. The first-order valence-electron chi connectivity index (χ1n) is 7.11. The number of hydrogen-bond acceptors (Lipinski definition) is 5. The first-order chi connectivity index (χ1) is 9.64. The number of carbonyl (C=O) groups is 1. The van der Waals surface area contributed by atoms with Gasteiger partial charge in [-0.3, -0.25) is 10.1 Å². The second-order valence-corrected chi connectivity index (χ2v) is 6.07. The number of nitrogens with one attached hydrogen (secondary N) is 1. The van der Waals surface area contributed by atoms with Crippen molar-refractivity contribution in [2.24, 2.45) is 16.8 Å². The van der Waals surface area contributed by atoms with Crippen LogP contribution in [0.15, 0.2) is 5.10 Å². The monoisotopic (exact) mass is 300 g/mol. The van der Waals surface area contributed by atoms with Gasteiger partial charge in [-0.1, -0.05) is 6.92 Å². The molecule has 0 unspecified atom stereocenters. The molecular formula is C13H24N4O4. The van der Waals surface area contributed by atoms with Crippen LogP contribution in [0, 0.1) is 16.0 Å². The predicted octanol–water partition coefficient (Wildman–Crippen LogP) is 1.40. The van der Waals surface area contributed by atoms with Gasteiger partial charge in [-0.15, -0.1) is 0 Å². The molecule has 8 heteroatoms. The smallest absolute Gasteiger partial charge is 0.332 e. The van der Waals surface area contributed by atoms with E-state index in [1.807, 2.05) is 6.92 Å². The molecule has 0 bridgehead atoms. The van der Waals surface area contributed by atoms with Crippen LogP contribution in [0.4, 0.5) is 4.79 Å². The van der Waals surface area contributed by atoms with Crippen molar-refractivity contribution in [2.45, 2.75) is 64.0 Å². The van der Waals surface area contributed by atoms with Crippen LogP contribution in [-0.2, 0) is 0 Å². The van der Waals surface area contributed by atoms with Crippen LogP contribution in [0.1, 0.15) is 52.9 Å². The van der Waals surface area contributed by atoms with E-state index in [0.29, 0.717) is 31.4 Å². The normalized spacial score (nSPS) is 33.5. The average molecular weight is 300 g/mol. The number of hydrogen-bond donors (Lipinski definition) is 3. The van der Waals surface area contributed by atoms with Crippen LogP contribution in [0.5, 0.6) is 0 Å². The summed E-state index contributed by atoms with van der Waals surface area (Å²) < 4.78 is 0. The standard InChI is InChI=1S/C13H24N4O4/c1-4-5-13(17(20)21)7-6-12(3,19)10(8-13)9(2)15-16-11(14)18/h10,19H,4-8H2,1-3H3,(H3,14,16,18)/b15-9+/t10-,12+,13-/m0/s1. The Kier molecular flexibility index (Phi) is 5.27. The van der Waals surface area contributed by atoms with Crippen LogP contribution in [-0.4, -0.2) is 32.9 Å². The highest BCUT2D eigenvalue weighted by Crippen LogP contribution is 2.43. The van der Waals surface area contributed by atoms with E-state index in [-0.39, 0.29) is 11.3 Å². The van der Waals surface area contributed by atoms with Crippen molar-refractivity contribution >= 4 is 11.7 Å². The Morgan fingerprint density at radius 2 is 2.19 bits per heavy atom. The largest absolute Gasteiger partial charge is 0.389 e. The zero-order valence-electron chi connectivity index (χ0n) is 12.8. The molecule has 0 aromatic heterocycles. The summed E-state index contributed by atoms with van der Waals surface area (Å²) in [6, 6.07) is -0.807. The topological polar surface area (TPSA) is 131 Å². The van der Waals surface area contributed by atoms with E-state index in [4.69, 9.17) is 5.73 Å². The minimum atomic E-state index is -1.08. The molecule has 4 N–H and O–H groups in total. The van der Waals surface area contributed by atoms with E-state index in [0.717, 1.165) is 0 Å². The molecule has 0 aliphatic heterocycles. The van der Waals surface area contributed by atoms with Crippen LogP contribution in [0.2, 0.25) is 0 Å². The number of amides is 2. The fourth-order valence-electron chi connectivity index (χ4n) is 3.13. The third-order valence-electron chi connectivity index (χ3n) is 4.38. The highest BCUT2D eigenvalue weighted by atomic mass is 16.6. The number of hydrazone groups is 1. The lowest BCUT2D eigenvalue weighted by Gasteiger charge is -2.43. The number of nitrogens with zero attached hydrogens (tertiary/aromatic N) is 2. The van der Waals surface area contributed by atoms with E-state index in [1.54, 1.807) is 13.8 Å². The predicted molar refractivity (Wildman–Crippen MR) is 78.4 cm³/mol. The van der Waals surface area contributed by atoms with Gasteiger partial charge in [-0.2, -0.15) is 5.10 Å². The van der Waals surface area contributed by atoms with Gasteiger partial charge >= 0.3 is 6.03 Å². The Bertz CT molecular complexity index is 449. The maximum atomic E-state index is 11.5. The van der Waals surface area contributed by atoms with Gasteiger partial charge in [-0.25, -0.2) is 10.2 Å². The molecule has 0 aromatic carbocycles. The van der Waals surface area contributed by atoms with Crippen molar-refractivity contribution in [2.75, 3.05) is 0 Å². The third kappa shape index (κ3) is 3.90. The SMILES string of the molecule is CCC[C@]1([N+](=O)[O-])CC[C@@](C)(O)[C@H](/C(C)=N/NC(N)=O)C1. The highest BCUT2D eigenvalue weighted by molar-refractivity contribution is 5.87. The molecular weight excluding hydrogens is 276 g/mol. The lowest BCUT2D eigenvalue weighted by molar-refractivity contribution is -0.579. The Labute approximate surface area is 123 Å².